The van der Waals surface area contributed by atoms with Crippen molar-refractivity contribution in [2.45, 2.75) is 6.92 Å². The summed E-state index contributed by atoms with van der Waals surface area (Å²) < 4.78 is 0. The second-order valence-corrected chi connectivity index (χ2v) is 6.43. The van der Waals surface area contributed by atoms with E-state index in [0.29, 0.717) is 32.1 Å². The molecular weight excluding hydrogens is 357 g/mol. The molecule has 0 aliphatic rings. The fourth-order valence-corrected chi connectivity index (χ4v) is 3.63. The van der Waals surface area contributed by atoms with Crippen molar-refractivity contribution in [3.05, 3.63) is 38.5 Å². The highest BCUT2D eigenvalue weighted by Gasteiger charge is 2.17. The molecule has 0 amide bonds. The Balaban J connectivity index is 2.00. The van der Waals surface area contributed by atoms with Crippen LogP contribution in [0.5, 0.6) is 0 Å². The number of nitrogens with one attached hydrogen (secondary N) is 2. The standard InChI is InChI=1S/C14H11Cl2N5OS/c1-6(22)12-8(2-3-23-12)11-9(15)4-7(5-10(11)16)18-14-19-13(17)20-21-14/h2-5H,1H3,(H4,17,18,19,20,21). The zero-order valence-corrected chi connectivity index (χ0v) is 14.2. The van der Waals surface area contributed by atoms with E-state index < -0.39 is 0 Å². The highest BCUT2D eigenvalue weighted by atomic mass is 35.5. The van der Waals surface area contributed by atoms with E-state index in [2.05, 4.69) is 20.5 Å². The number of Topliss-reactive ketones (excluding diaryl/α,β-unsaturated/α-hetero) is 1. The third-order valence-electron chi connectivity index (χ3n) is 3.06. The van der Waals surface area contributed by atoms with Gasteiger partial charge in [0.25, 0.3) is 0 Å². The number of aromatic amines is 1. The Morgan fingerprint density at radius 1 is 1.35 bits per heavy atom. The number of benzene rings is 1. The summed E-state index contributed by atoms with van der Waals surface area (Å²) >= 11 is 14.1. The largest absolute Gasteiger partial charge is 0.368 e. The number of hydrogen-bond acceptors (Lipinski definition) is 6. The average Bonchev–Trinajstić information content (AvgIpc) is 3.07. The van der Waals surface area contributed by atoms with Gasteiger partial charge in [-0.05, 0) is 30.5 Å². The maximum absolute atomic E-state index is 11.7. The lowest BCUT2D eigenvalue weighted by atomic mass is 10.0. The molecule has 0 saturated heterocycles. The molecule has 0 fully saturated rings. The minimum absolute atomic E-state index is 0.0273. The molecule has 23 heavy (non-hydrogen) atoms. The first-order valence-corrected chi connectivity index (χ1v) is 8.12. The van der Waals surface area contributed by atoms with Crippen LogP contribution in [-0.2, 0) is 0 Å². The first kappa shape index (κ1) is 15.8. The van der Waals surface area contributed by atoms with Gasteiger partial charge in [-0.25, -0.2) is 5.10 Å². The zero-order chi connectivity index (χ0) is 16.6. The number of thiophene rings is 1. The number of carbonyl (C=O) groups is 1. The van der Waals surface area contributed by atoms with Crippen molar-refractivity contribution in [1.82, 2.24) is 15.2 Å². The number of aromatic nitrogens is 3. The van der Waals surface area contributed by atoms with Crippen LogP contribution in [0.4, 0.5) is 17.6 Å². The van der Waals surface area contributed by atoms with Crippen LogP contribution in [-0.4, -0.2) is 21.0 Å². The average molecular weight is 368 g/mol. The lowest BCUT2D eigenvalue weighted by Crippen LogP contribution is -1.95. The van der Waals surface area contributed by atoms with Crippen molar-refractivity contribution >= 4 is 57.9 Å². The van der Waals surface area contributed by atoms with E-state index in [1.807, 2.05) is 11.4 Å². The number of hydrogen-bond donors (Lipinski definition) is 3. The smallest absolute Gasteiger partial charge is 0.248 e. The van der Waals surface area contributed by atoms with Gasteiger partial charge in [0.2, 0.25) is 11.9 Å². The predicted molar refractivity (Wildman–Crippen MR) is 93.9 cm³/mol. The quantitative estimate of drug-likeness (QED) is 0.594. The minimum Gasteiger partial charge on any atom is -0.368 e. The summed E-state index contributed by atoms with van der Waals surface area (Å²) in [5, 5.41) is 12.0. The maximum Gasteiger partial charge on any atom is 0.248 e. The third kappa shape index (κ3) is 3.17. The molecule has 9 heteroatoms. The Labute approximate surface area is 145 Å². The van der Waals surface area contributed by atoms with E-state index in [-0.39, 0.29) is 11.7 Å². The summed E-state index contributed by atoms with van der Waals surface area (Å²) in [6.07, 6.45) is 0. The SMILES string of the molecule is CC(=O)c1sccc1-c1c(Cl)cc(Nc2n[nH]c(N)n2)cc1Cl. The lowest BCUT2D eigenvalue weighted by Gasteiger charge is -2.10. The number of carbonyl (C=O) groups excluding carboxylic acids is 1. The monoisotopic (exact) mass is 367 g/mol. The molecule has 6 nitrogen and oxygen atoms in total. The van der Waals surface area contributed by atoms with E-state index in [9.17, 15) is 4.79 Å². The van der Waals surface area contributed by atoms with Crippen LogP contribution in [0.25, 0.3) is 11.1 Å². The second kappa shape index (κ2) is 6.19. The number of anilines is 3. The van der Waals surface area contributed by atoms with Crippen LogP contribution in [0.1, 0.15) is 16.6 Å². The molecule has 0 bridgehead atoms. The van der Waals surface area contributed by atoms with Gasteiger partial charge in [-0.3, -0.25) is 4.79 Å². The third-order valence-corrected chi connectivity index (χ3v) is 4.67. The molecule has 3 aromatic rings. The molecular formula is C14H11Cl2N5OS. The highest BCUT2D eigenvalue weighted by Crippen LogP contribution is 2.41. The fraction of sp³-hybridized carbons (Fsp3) is 0.0714. The van der Waals surface area contributed by atoms with E-state index >= 15 is 0 Å². The molecule has 118 valence electrons. The second-order valence-electron chi connectivity index (χ2n) is 4.70. The van der Waals surface area contributed by atoms with Crippen LogP contribution in [0.15, 0.2) is 23.6 Å². The molecule has 1 aromatic carbocycles. The number of halogens is 2. The highest BCUT2D eigenvalue weighted by molar-refractivity contribution is 7.12. The van der Waals surface area contributed by atoms with Crippen molar-refractivity contribution in [3.8, 4) is 11.1 Å². The van der Waals surface area contributed by atoms with Crippen LogP contribution in [0.2, 0.25) is 10.0 Å². The van der Waals surface area contributed by atoms with Crippen LogP contribution < -0.4 is 11.1 Å². The van der Waals surface area contributed by atoms with Gasteiger partial charge in [0.05, 0.1) is 14.9 Å². The number of ketones is 1. The molecule has 0 aliphatic carbocycles. The van der Waals surface area contributed by atoms with Gasteiger partial charge in [-0.2, -0.15) is 4.98 Å². The molecule has 2 heterocycles. The Hall–Kier alpha value is -2.09. The molecule has 4 N–H and O–H groups in total. The molecule has 0 saturated carbocycles. The first-order chi connectivity index (χ1) is 11.0. The minimum atomic E-state index is -0.0273. The number of nitrogens with two attached hydrogens (primary N) is 1. The number of nitrogen functional groups attached to an aromatic ring is 1. The van der Waals surface area contributed by atoms with Crippen LogP contribution in [0.3, 0.4) is 0 Å². The van der Waals surface area contributed by atoms with Crippen molar-refractivity contribution in [3.63, 3.8) is 0 Å². The molecule has 0 atom stereocenters. The van der Waals surface area contributed by atoms with Crippen LogP contribution >= 0.6 is 34.5 Å². The molecule has 2 aromatic heterocycles. The van der Waals surface area contributed by atoms with E-state index in [0.717, 1.165) is 5.56 Å². The van der Waals surface area contributed by atoms with E-state index in [1.54, 1.807) is 12.1 Å². The maximum atomic E-state index is 11.7. The lowest BCUT2D eigenvalue weighted by molar-refractivity contribution is 0.102. The molecule has 0 aliphatic heterocycles. The number of rotatable bonds is 4. The van der Waals surface area contributed by atoms with Gasteiger partial charge < -0.3 is 11.1 Å². The van der Waals surface area contributed by atoms with Crippen LogP contribution in [0, 0.1) is 0 Å². The Kier molecular flexibility index (Phi) is 4.25. The normalized spacial score (nSPS) is 10.7. The Morgan fingerprint density at radius 2 is 2.04 bits per heavy atom. The number of nitrogens with zero attached hydrogens (tertiary/aromatic N) is 2. The van der Waals surface area contributed by atoms with Gasteiger partial charge in [0.1, 0.15) is 0 Å². The van der Waals surface area contributed by atoms with Gasteiger partial charge >= 0.3 is 0 Å². The van der Waals surface area contributed by atoms with Crippen molar-refractivity contribution in [1.29, 1.82) is 0 Å². The predicted octanol–water partition coefficient (Wildman–Crippen LogP) is 4.37. The van der Waals surface area contributed by atoms with Gasteiger partial charge in [-0.1, -0.05) is 23.2 Å². The summed E-state index contributed by atoms with van der Waals surface area (Å²) in [5.74, 6) is 0.480. The Morgan fingerprint density at radius 3 is 2.61 bits per heavy atom. The summed E-state index contributed by atoms with van der Waals surface area (Å²) in [5.41, 5.74) is 7.44. The molecule has 0 radical (unpaired) electrons. The van der Waals surface area contributed by atoms with E-state index in [4.69, 9.17) is 28.9 Å². The number of H-pyrrole nitrogens is 1. The van der Waals surface area contributed by atoms with Crippen molar-refractivity contribution in [2.75, 3.05) is 11.1 Å². The topological polar surface area (TPSA) is 96.7 Å². The molecule has 3 rings (SSSR count). The summed E-state index contributed by atoms with van der Waals surface area (Å²) in [6, 6.07) is 5.21. The van der Waals surface area contributed by atoms with Gasteiger partial charge in [0, 0.05) is 16.8 Å². The summed E-state index contributed by atoms with van der Waals surface area (Å²) in [4.78, 5) is 16.3. The van der Waals surface area contributed by atoms with E-state index in [1.165, 1.54) is 18.3 Å². The Bertz CT molecular complexity index is 866. The van der Waals surface area contributed by atoms with Gasteiger partial charge in [0.15, 0.2) is 5.78 Å². The van der Waals surface area contributed by atoms with Crippen molar-refractivity contribution < 1.29 is 4.79 Å². The summed E-state index contributed by atoms with van der Waals surface area (Å²) in [6.45, 7) is 1.51. The summed E-state index contributed by atoms with van der Waals surface area (Å²) in [7, 11) is 0. The zero-order valence-electron chi connectivity index (χ0n) is 11.9. The molecule has 0 unspecified atom stereocenters. The van der Waals surface area contributed by atoms with Gasteiger partial charge in [-0.15, -0.1) is 16.4 Å². The fourth-order valence-electron chi connectivity index (χ4n) is 2.14. The molecule has 0 spiro atoms. The van der Waals surface area contributed by atoms with Crippen molar-refractivity contribution in [2.24, 2.45) is 0 Å². The first-order valence-electron chi connectivity index (χ1n) is 6.48.